The van der Waals surface area contributed by atoms with Gasteiger partial charge in [-0.3, -0.25) is 9.59 Å². The monoisotopic (exact) mass is 279 g/mol. The van der Waals surface area contributed by atoms with Gasteiger partial charge in [-0.05, 0) is 24.0 Å². The number of carbonyl (C=O) groups is 2. The fraction of sp³-hybridized carbons (Fsp3) is 0.222. The van der Waals surface area contributed by atoms with Gasteiger partial charge in [0.15, 0.2) is 5.78 Å². The fourth-order valence-electron chi connectivity index (χ4n) is 3.37. The lowest BCUT2D eigenvalue weighted by Gasteiger charge is -2.29. The van der Waals surface area contributed by atoms with E-state index in [4.69, 9.17) is 5.73 Å². The number of hydrogen-bond acceptors (Lipinski definition) is 2. The van der Waals surface area contributed by atoms with Crippen molar-refractivity contribution < 1.29 is 9.59 Å². The summed E-state index contributed by atoms with van der Waals surface area (Å²) in [4.78, 5) is 24.5. The van der Waals surface area contributed by atoms with Gasteiger partial charge in [-0.25, -0.2) is 0 Å². The van der Waals surface area contributed by atoms with Crippen LogP contribution in [-0.4, -0.2) is 11.7 Å². The molecule has 0 heterocycles. The van der Waals surface area contributed by atoms with Crippen LogP contribution in [0.25, 0.3) is 0 Å². The molecule has 0 saturated heterocycles. The Bertz CT molecular complexity index is 625. The number of nitrogens with two attached hydrogens (primary N) is 1. The molecular weight excluding hydrogens is 262 g/mol. The van der Waals surface area contributed by atoms with Crippen LogP contribution in [0, 0.1) is 5.92 Å². The molecule has 21 heavy (non-hydrogen) atoms. The molecule has 0 aliphatic heterocycles. The van der Waals surface area contributed by atoms with Gasteiger partial charge in [-0.2, -0.15) is 0 Å². The van der Waals surface area contributed by atoms with Crippen LogP contribution in [-0.2, 0) is 15.0 Å². The smallest absolute Gasteiger partial charge is 0.228 e. The summed E-state index contributed by atoms with van der Waals surface area (Å²) >= 11 is 0. The quantitative estimate of drug-likeness (QED) is 0.877. The van der Waals surface area contributed by atoms with Gasteiger partial charge in [0.2, 0.25) is 5.91 Å². The minimum Gasteiger partial charge on any atom is -0.369 e. The lowest BCUT2D eigenvalue weighted by atomic mass is 9.72. The molecule has 1 saturated carbocycles. The van der Waals surface area contributed by atoms with E-state index in [0.717, 1.165) is 11.1 Å². The van der Waals surface area contributed by atoms with Crippen LogP contribution < -0.4 is 5.73 Å². The average molecular weight is 279 g/mol. The van der Waals surface area contributed by atoms with E-state index in [0.29, 0.717) is 12.8 Å². The Morgan fingerprint density at radius 2 is 1.43 bits per heavy atom. The Hall–Kier alpha value is -2.42. The van der Waals surface area contributed by atoms with Gasteiger partial charge < -0.3 is 5.73 Å². The lowest BCUT2D eigenvalue weighted by molar-refractivity contribution is -0.132. The minimum absolute atomic E-state index is 0.0765. The van der Waals surface area contributed by atoms with Gasteiger partial charge in [0, 0.05) is 0 Å². The Balaban J connectivity index is 2.19. The lowest BCUT2D eigenvalue weighted by Crippen LogP contribution is -2.38. The number of amides is 1. The van der Waals surface area contributed by atoms with Crippen LogP contribution >= 0.6 is 0 Å². The molecule has 0 spiro atoms. The molecule has 1 atom stereocenters. The van der Waals surface area contributed by atoms with Gasteiger partial charge in [-0.1, -0.05) is 60.7 Å². The third-order valence-corrected chi connectivity index (χ3v) is 4.42. The van der Waals surface area contributed by atoms with Crippen molar-refractivity contribution in [1.29, 1.82) is 0 Å². The Morgan fingerprint density at radius 3 is 1.81 bits per heavy atom. The van der Waals surface area contributed by atoms with Crippen molar-refractivity contribution in [3.05, 3.63) is 71.8 Å². The first-order valence-electron chi connectivity index (χ1n) is 7.11. The van der Waals surface area contributed by atoms with E-state index in [9.17, 15) is 9.59 Å². The number of carbonyl (C=O) groups excluding carboxylic acids is 2. The Labute approximate surface area is 123 Å². The van der Waals surface area contributed by atoms with Crippen LogP contribution in [0.1, 0.15) is 24.0 Å². The van der Waals surface area contributed by atoms with E-state index >= 15 is 0 Å². The molecule has 2 aromatic rings. The van der Waals surface area contributed by atoms with Gasteiger partial charge in [0.25, 0.3) is 0 Å². The van der Waals surface area contributed by atoms with Crippen molar-refractivity contribution >= 4 is 11.7 Å². The number of ketones is 1. The summed E-state index contributed by atoms with van der Waals surface area (Å²) in [5.41, 5.74) is 6.53. The second-order valence-corrected chi connectivity index (χ2v) is 5.50. The summed E-state index contributed by atoms with van der Waals surface area (Å²) in [6.45, 7) is 0. The summed E-state index contributed by atoms with van der Waals surface area (Å²) in [6, 6.07) is 19.3. The molecule has 1 amide bonds. The van der Waals surface area contributed by atoms with Crippen molar-refractivity contribution in [1.82, 2.24) is 0 Å². The predicted octanol–water partition coefficient (Wildman–Crippen LogP) is 2.44. The normalized spacial score (nSPS) is 20.4. The van der Waals surface area contributed by atoms with Crippen LogP contribution in [0.15, 0.2) is 60.7 Å². The molecule has 3 rings (SSSR count). The largest absolute Gasteiger partial charge is 0.369 e. The zero-order valence-corrected chi connectivity index (χ0v) is 11.7. The van der Waals surface area contributed by atoms with Gasteiger partial charge >= 0.3 is 0 Å². The number of primary amides is 1. The zero-order valence-electron chi connectivity index (χ0n) is 11.7. The highest BCUT2D eigenvalue weighted by atomic mass is 16.2. The van der Waals surface area contributed by atoms with Crippen LogP contribution in [0.4, 0.5) is 0 Å². The van der Waals surface area contributed by atoms with Crippen molar-refractivity contribution in [3.8, 4) is 0 Å². The van der Waals surface area contributed by atoms with Crippen LogP contribution in [0.3, 0.4) is 0 Å². The molecule has 3 nitrogen and oxygen atoms in total. The summed E-state index contributed by atoms with van der Waals surface area (Å²) in [6.07, 6.45) is 1.13. The first kappa shape index (κ1) is 13.6. The number of Topliss-reactive ketones (excluding diaryl/α,β-unsaturated/α-hetero) is 1. The predicted molar refractivity (Wildman–Crippen MR) is 80.6 cm³/mol. The number of benzene rings is 2. The van der Waals surface area contributed by atoms with E-state index in [1.165, 1.54) is 0 Å². The Morgan fingerprint density at radius 1 is 0.952 bits per heavy atom. The topological polar surface area (TPSA) is 60.2 Å². The SMILES string of the molecule is NC(=O)C1CCC(c2ccccc2)(c2ccccc2)C1=O. The van der Waals surface area contributed by atoms with E-state index in [-0.39, 0.29) is 5.78 Å². The highest BCUT2D eigenvalue weighted by Crippen LogP contribution is 2.46. The highest BCUT2D eigenvalue weighted by molar-refractivity contribution is 6.09. The molecule has 3 heteroatoms. The van der Waals surface area contributed by atoms with Gasteiger partial charge in [-0.15, -0.1) is 0 Å². The molecule has 2 aromatic carbocycles. The molecule has 0 aromatic heterocycles. The van der Waals surface area contributed by atoms with E-state index in [1.807, 2.05) is 60.7 Å². The molecule has 106 valence electrons. The van der Waals surface area contributed by atoms with Crippen molar-refractivity contribution in [2.24, 2.45) is 11.7 Å². The first-order valence-corrected chi connectivity index (χ1v) is 7.11. The summed E-state index contributed by atoms with van der Waals surface area (Å²) in [5.74, 6) is -1.29. The zero-order chi connectivity index (χ0) is 14.9. The fourth-order valence-corrected chi connectivity index (χ4v) is 3.37. The molecule has 0 bridgehead atoms. The average Bonchev–Trinajstić information content (AvgIpc) is 2.87. The first-order chi connectivity index (χ1) is 10.2. The second kappa shape index (κ2) is 5.17. The van der Waals surface area contributed by atoms with E-state index in [1.54, 1.807) is 0 Å². The molecule has 1 aliphatic rings. The molecular formula is C18H17NO2. The van der Waals surface area contributed by atoms with Gasteiger partial charge in [0.1, 0.15) is 0 Å². The maximum Gasteiger partial charge on any atom is 0.228 e. The van der Waals surface area contributed by atoms with E-state index in [2.05, 4.69) is 0 Å². The van der Waals surface area contributed by atoms with Crippen molar-refractivity contribution in [2.75, 3.05) is 0 Å². The maximum absolute atomic E-state index is 13.0. The molecule has 2 N–H and O–H groups in total. The van der Waals surface area contributed by atoms with Crippen LogP contribution in [0.5, 0.6) is 0 Å². The number of rotatable bonds is 3. The number of hydrogen-bond donors (Lipinski definition) is 1. The molecule has 0 radical (unpaired) electrons. The third kappa shape index (κ3) is 2.05. The van der Waals surface area contributed by atoms with Crippen molar-refractivity contribution in [2.45, 2.75) is 18.3 Å². The third-order valence-electron chi connectivity index (χ3n) is 4.42. The van der Waals surface area contributed by atoms with Crippen molar-refractivity contribution in [3.63, 3.8) is 0 Å². The highest BCUT2D eigenvalue weighted by Gasteiger charge is 2.51. The summed E-state index contributed by atoms with van der Waals surface area (Å²) in [5, 5.41) is 0. The minimum atomic E-state index is -0.748. The van der Waals surface area contributed by atoms with Gasteiger partial charge in [0.05, 0.1) is 11.3 Å². The molecule has 1 aliphatic carbocycles. The van der Waals surface area contributed by atoms with E-state index < -0.39 is 17.2 Å². The summed E-state index contributed by atoms with van der Waals surface area (Å²) in [7, 11) is 0. The molecule has 1 fully saturated rings. The van der Waals surface area contributed by atoms with Crippen LogP contribution in [0.2, 0.25) is 0 Å². The Kier molecular flexibility index (Phi) is 3.34. The molecule has 1 unspecified atom stereocenters. The standard InChI is InChI=1S/C18H17NO2/c19-17(21)15-11-12-18(16(15)20,13-7-3-1-4-8-13)14-9-5-2-6-10-14/h1-10,15H,11-12H2,(H2,19,21). The second-order valence-electron chi connectivity index (χ2n) is 5.50. The summed E-state index contributed by atoms with van der Waals surface area (Å²) < 4.78 is 0. The maximum atomic E-state index is 13.0.